The molecule has 4 heteroatoms. The van der Waals surface area contributed by atoms with Crippen LogP contribution < -0.4 is 0 Å². The van der Waals surface area contributed by atoms with Crippen molar-refractivity contribution in [1.82, 2.24) is 0 Å². The summed E-state index contributed by atoms with van der Waals surface area (Å²) in [6, 6.07) is 9.87. The summed E-state index contributed by atoms with van der Waals surface area (Å²) in [6.45, 7) is 6.41. The van der Waals surface area contributed by atoms with Crippen LogP contribution in [-0.4, -0.2) is 24.0 Å². The molecule has 0 atom stereocenters. The van der Waals surface area contributed by atoms with E-state index in [2.05, 4.69) is 0 Å². The fourth-order valence-electron chi connectivity index (χ4n) is 1.76. The van der Waals surface area contributed by atoms with Crippen molar-refractivity contribution in [1.29, 1.82) is 0 Å². The summed E-state index contributed by atoms with van der Waals surface area (Å²) < 4.78 is 10.6. The molecule has 1 aromatic rings. The predicted octanol–water partition coefficient (Wildman–Crippen LogP) is 3.28. The van der Waals surface area contributed by atoms with Gasteiger partial charge in [-0.1, -0.05) is 30.3 Å². The SMILES string of the molecule is CC(C)(C)OC(=O)CC(=O)CCCOCc1ccccc1. The van der Waals surface area contributed by atoms with Crippen molar-refractivity contribution < 1.29 is 19.1 Å². The van der Waals surface area contributed by atoms with Gasteiger partial charge in [-0.3, -0.25) is 9.59 Å². The van der Waals surface area contributed by atoms with Gasteiger partial charge >= 0.3 is 5.97 Å². The van der Waals surface area contributed by atoms with E-state index in [1.165, 1.54) is 0 Å². The standard InChI is InChI=1S/C17H24O4/c1-17(2,3)21-16(19)12-15(18)10-7-11-20-13-14-8-5-4-6-9-14/h4-6,8-9H,7,10-13H2,1-3H3. The Morgan fingerprint density at radius 2 is 1.76 bits per heavy atom. The lowest BCUT2D eigenvalue weighted by molar-refractivity contribution is -0.156. The van der Waals surface area contributed by atoms with Gasteiger partial charge in [0.25, 0.3) is 0 Å². The van der Waals surface area contributed by atoms with Crippen molar-refractivity contribution in [2.75, 3.05) is 6.61 Å². The molecule has 1 aromatic carbocycles. The van der Waals surface area contributed by atoms with Gasteiger partial charge in [0.15, 0.2) is 0 Å². The molecule has 0 fully saturated rings. The first-order chi connectivity index (χ1) is 9.87. The topological polar surface area (TPSA) is 52.6 Å². The fraction of sp³-hybridized carbons (Fsp3) is 0.529. The molecule has 0 heterocycles. The largest absolute Gasteiger partial charge is 0.460 e. The van der Waals surface area contributed by atoms with E-state index in [1.54, 1.807) is 20.8 Å². The third kappa shape index (κ3) is 8.97. The Labute approximate surface area is 126 Å². The summed E-state index contributed by atoms with van der Waals surface area (Å²) in [5, 5.41) is 0. The molecule has 0 saturated heterocycles. The second-order valence-corrected chi connectivity index (χ2v) is 5.94. The van der Waals surface area contributed by atoms with Crippen molar-refractivity contribution in [2.45, 2.75) is 52.2 Å². The molecule has 0 aliphatic heterocycles. The summed E-state index contributed by atoms with van der Waals surface area (Å²) in [5.41, 5.74) is 0.563. The van der Waals surface area contributed by atoms with Crippen LogP contribution in [-0.2, 0) is 25.7 Å². The minimum absolute atomic E-state index is 0.104. The van der Waals surface area contributed by atoms with Crippen molar-refractivity contribution in [2.24, 2.45) is 0 Å². The van der Waals surface area contributed by atoms with Gasteiger partial charge in [0, 0.05) is 13.0 Å². The minimum Gasteiger partial charge on any atom is -0.460 e. The number of hydrogen-bond acceptors (Lipinski definition) is 4. The molecule has 21 heavy (non-hydrogen) atoms. The second kappa shape index (κ2) is 8.57. The third-order valence-corrected chi connectivity index (χ3v) is 2.62. The lowest BCUT2D eigenvalue weighted by Gasteiger charge is -2.19. The van der Waals surface area contributed by atoms with E-state index in [0.29, 0.717) is 26.1 Å². The van der Waals surface area contributed by atoms with Crippen LogP contribution in [0.2, 0.25) is 0 Å². The molecule has 0 saturated carbocycles. The van der Waals surface area contributed by atoms with E-state index in [0.717, 1.165) is 5.56 Å². The highest BCUT2D eigenvalue weighted by molar-refractivity contribution is 5.95. The van der Waals surface area contributed by atoms with Gasteiger partial charge in [-0.05, 0) is 32.8 Å². The van der Waals surface area contributed by atoms with Crippen LogP contribution in [0.1, 0.15) is 45.6 Å². The number of ether oxygens (including phenoxy) is 2. The van der Waals surface area contributed by atoms with Gasteiger partial charge in [0.05, 0.1) is 6.61 Å². The van der Waals surface area contributed by atoms with Crippen LogP contribution in [0.15, 0.2) is 30.3 Å². The van der Waals surface area contributed by atoms with E-state index in [4.69, 9.17) is 9.47 Å². The predicted molar refractivity (Wildman–Crippen MR) is 80.8 cm³/mol. The van der Waals surface area contributed by atoms with Crippen molar-refractivity contribution in [3.63, 3.8) is 0 Å². The van der Waals surface area contributed by atoms with Crippen LogP contribution in [0.3, 0.4) is 0 Å². The fourth-order valence-corrected chi connectivity index (χ4v) is 1.76. The van der Waals surface area contributed by atoms with Gasteiger partial charge in [-0.15, -0.1) is 0 Å². The van der Waals surface area contributed by atoms with Crippen molar-refractivity contribution in [3.8, 4) is 0 Å². The first kappa shape index (κ1) is 17.4. The van der Waals surface area contributed by atoms with E-state index < -0.39 is 11.6 Å². The first-order valence-corrected chi connectivity index (χ1v) is 7.22. The zero-order valence-electron chi connectivity index (χ0n) is 13.1. The molecule has 0 bridgehead atoms. The van der Waals surface area contributed by atoms with E-state index in [9.17, 15) is 9.59 Å². The lowest BCUT2D eigenvalue weighted by atomic mass is 10.1. The zero-order valence-corrected chi connectivity index (χ0v) is 13.1. The average molecular weight is 292 g/mol. The Kier molecular flexibility index (Phi) is 7.09. The molecule has 0 aromatic heterocycles. The number of carbonyl (C=O) groups excluding carboxylic acids is 2. The molecule has 0 aliphatic carbocycles. The third-order valence-electron chi connectivity index (χ3n) is 2.62. The number of carbonyl (C=O) groups is 2. The monoisotopic (exact) mass is 292 g/mol. The van der Waals surface area contributed by atoms with E-state index in [-0.39, 0.29) is 12.2 Å². The van der Waals surface area contributed by atoms with E-state index in [1.807, 2.05) is 30.3 Å². The first-order valence-electron chi connectivity index (χ1n) is 7.22. The summed E-state index contributed by atoms with van der Waals surface area (Å²) in [6.07, 6.45) is 0.804. The van der Waals surface area contributed by atoms with Crippen LogP contribution in [0.4, 0.5) is 0 Å². The summed E-state index contributed by atoms with van der Waals surface area (Å²) in [4.78, 5) is 23.1. The number of hydrogen-bond donors (Lipinski definition) is 0. The van der Waals surface area contributed by atoms with Crippen LogP contribution in [0.25, 0.3) is 0 Å². The van der Waals surface area contributed by atoms with E-state index >= 15 is 0 Å². The van der Waals surface area contributed by atoms with Gasteiger partial charge < -0.3 is 9.47 Å². The molecule has 4 nitrogen and oxygen atoms in total. The van der Waals surface area contributed by atoms with Crippen LogP contribution in [0.5, 0.6) is 0 Å². The van der Waals surface area contributed by atoms with Crippen LogP contribution >= 0.6 is 0 Å². The van der Waals surface area contributed by atoms with Gasteiger partial charge in [-0.2, -0.15) is 0 Å². The Balaban J connectivity index is 2.10. The molecule has 0 aliphatic rings. The van der Waals surface area contributed by atoms with Gasteiger partial charge in [0.1, 0.15) is 17.8 Å². The molecular formula is C17H24O4. The summed E-state index contributed by atoms with van der Waals surface area (Å²) in [5.74, 6) is -0.565. The average Bonchev–Trinajstić information content (AvgIpc) is 2.37. The second-order valence-electron chi connectivity index (χ2n) is 5.94. The normalized spacial score (nSPS) is 11.2. The molecule has 0 unspecified atom stereocenters. The number of Topliss-reactive ketones (excluding diaryl/α,β-unsaturated/α-hetero) is 1. The molecular weight excluding hydrogens is 268 g/mol. The number of ketones is 1. The number of benzene rings is 1. The Morgan fingerprint density at radius 1 is 1.10 bits per heavy atom. The Bertz CT molecular complexity index is 446. The quantitative estimate of drug-likeness (QED) is 0.419. The van der Waals surface area contributed by atoms with Gasteiger partial charge in [-0.25, -0.2) is 0 Å². The maximum Gasteiger partial charge on any atom is 0.313 e. The molecule has 1 rings (SSSR count). The number of rotatable bonds is 8. The minimum atomic E-state index is -0.545. The smallest absolute Gasteiger partial charge is 0.313 e. The molecule has 0 radical (unpaired) electrons. The molecule has 116 valence electrons. The van der Waals surface area contributed by atoms with Crippen molar-refractivity contribution >= 4 is 11.8 Å². The van der Waals surface area contributed by atoms with Crippen molar-refractivity contribution in [3.05, 3.63) is 35.9 Å². The highest BCUT2D eigenvalue weighted by Gasteiger charge is 2.18. The Morgan fingerprint density at radius 3 is 2.38 bits per heavy atom. The van der Waals surface area contributed by atoms with Crippen LogP contribution in [0, 0.1) is 0 Å². The maximum atomic E-state index is 11.6. The Hall–Kier alpha value is -1.68. The molecule has 0 amide bonds. The molecule has 0 spiro atoms. The van der Waals surface area contributed by atoms with Gasteiger partial charge in [0.2, 0.25) is 0 Å². The summed E-state index contributed by atoms with van der Waals surface area (Å²) >= 11 is 0. The number of esters is 1. The highest BCUT2D eigenvalue weighted by atomic mass is 16.6. The molecule has 0 N–H and O–H groups in total. The summed E-state index contributed by atoms with van der Waals surface area (Å²) in [7, 11) is 0. The maximum absolute atomic E-state index is 11.6. The zero-order chi connectivity index (χ0) is 15.7. The lowest BCUT2D eigenvalue weighted by Crippen LogP contribution is -2.25. The highest BCUT2D eigenvalue weighted by Crippen LogP contribution is 2.09.